The van der Waals surface area contributed by atoms with Crippen LogP contribution in [-0.2, 0) is 4.79 Å². The van der Waals surface area contributed by atoms with Gasteiger partial charge in [0.2, 0.25) is 11.9 Å². The SMILES string of the molecule is O=C(O)NC/C(=C\F)COc1cnc(N2CCC3(CC2)CCN(C2CC2)C3=O)nc1. The van der Waals surface area contributed by atoms with Crippen molar-refractivity contribution >= 4 is 17.9 Å². The first-order valence-electron chi connectivity index (χ1n) is 10.3. The number of carbonyl (C=O) groups excluding carboxylic acids is 1. The first kappa shape index (κ1) is 20.4. The first-order chi connectivity index (χ1) is 14.5. The van der Waals surface area contributed by atoms with Crippen LogP contribution in [0.3, 0.4) is 0 Å². The molecule has 0 bridgehead atoms. The maximum absolute atomic E-state index is 12.9. The number of carbonyl (C=O) groups is 2. The largest absolute Gasteiger partial charge is 0.486 e. The maximum atomic E-state index is 12.9. The van der Waals surface area contributed by atoms with Crippen LogP contribution in [0.4, 0.5) is 15.1 Å². The Bertz CT molecular complexity index is 819. The van der Waals surface area contributed by atoms with E-state index in [9.17, 15) is 14.0 Å². The van der Waals surface area contributed by atoms with Crippen molar-refractivity contribution in [3.63, 3.8) is 0 Å². The van der Waals surface area contributed by atoms with Crippen molar-refractivity contribution in [3.05, 3.63) is 24.3 Å². The zero-order valence-corrected chi connectivity index (χ0v) is 16.7. The summed E-state index contributed by atoms with van der Waals surface area (Å²) in [6.07, 6.45) is 7.00. The third-order valence-electron chi connectivity index (χ3n) is 6.20. The van der Waals surface area contributed by atoms with E-state index in [2.05, 4.69) is 25.1 Å². The Morgan fingerprint density at radius 2 is 1.93 bits per heavy atom. The number of halogens is 1. The predicted octanol–water partition coefficient (Wildman–Crippen LogP) is 1.96. The molecule has 2 saturated heterocycles. The fourth-order valence-corrected chi connectivity index (χ4v) is 4.21. The van der Waals surface area contributed by atoms with Gasteiger partial charge < -0.3 is 25.0 Å². The molecule has 3 aliphatic rings. The third-order valence-corrected chi connectivity index (χ3v) is 6.20. The van der Waals surface area contributed by atoms with Gasteiger partial charge in [0, 0.05) is 37.8 Å². The number of amides is 2. The lowest BCUT2D eigenvalue weighted by Gasteiger charge is -2.38. The van der Waals surface area contributed by atoms with Crippen molar-refractivity contribution in [3.8, 4) is 5.75 Å². The standard InChI is InChI=1S/C20H26FN5O4/c21-9-14(10-24-19(28)29)13-30-16-11-22-18(23-12-16)25-6-3-20(4-7-25)5-8-26(17(20)27)15-1-2-15/h9,11-12,15,24H,1-8,10,13H2,(H,28,29)/b14-9+. The van der Waals surface area contributed by atoms with Gasteiger partial charge in [0.15, 0.2) is 5.75 Å². The molecule has 4 rings (SSSR count). The molecular weight excluding hydrogens is 393 g/mol. The molecule has 10 heteroatoms. The molecule has 0 unspecified atom stereocenters. The van der Waals surface area contributed by atoms with Crippen LogP contribution in [0.25, 0.3) is 0 Å². The van der Waals surface area contributed by atoms with Gasteiger partial charge in [0.25, 0.3) is 0 Å². The number of anilines is 1. The molecule has 0 radical (unpaired) electrons. The average molecular weight is 419 g/mol. The van der Waals surface area contributed by atoms with E-state index in [1.54, 1.807) is 0 Å². The summed E-state index contributed by atoms with van der Waals surface area (Å²) in [5, 5.41) is 10.7. The highest BCUT2D eigenvalue weighted by molar-refractivity contribution is 5.85. The average Bonchev–Trinajstić information content (AvgIpc) is 3.55. The zero-order chi connectivity index (χ0) is 21.1. The van der Waals surface area contributed by atoms with Gasteiger partial charge >= 0.3 is 6.09 Å². The molecule has 30 heavy (non-hydrogen) atoms. The number of piperidine rings is 1. The Hall–Kier alpha value is -2.91. The highest BCUT2D eigenvalue weighted by Crippen LogP contribution is 2.45. The fraction of sp³-hybridized carbons (Fsp3) is 0.600. The molecule has 162 valence electrons. The molecule has 2 N–H and O–H groups in total. The number of nitrogens with one attached hydrogen (secondary N) is 1. The van der Waals surface area contributed by atoms with E-state index in [4.69, 9.17) is 9.84 Å². The summed E-state index contributed by atoms with van der Waals surface area (Å²) < 4.78 is 18.2. The van der Waals surface area contributed by atoms with E-state index in [0.29, 0.717) is 30.0 Å². The highest BCUT2D eigenvalue weighted by atomic mass is 19.1. The van der Waals surface area contributed by atoms with Gasteiger partial charge in [-0.1, -0.05) is 0 Å². The van der Waals surface area contributed by atoms with Crippen LogP contribution in [0.15, 0.2) is 24.3 Å². The van der Waals surface area contributed by atoms with Crippen molar-refractivity contribution < 1.29 is 23.8 Å². The number of carboxylic acid groups (broad SMARTS) is 1. The third kappa shape index (κ3) is 4.31. The lowest BCUT2D eigenvalue weighted by molar-refractivity contribution is -0.137. The van der Waals surface area contributed by atoms with E-state index in [1.165, 1.54) is 12.4 Å². The normalized spacial score (nSPS) is 21.2. The topological polar surface area (TPSA) is 108 Å². The van der Waals surface area contributed by atoms with Crippen LogP contribution in [-0.4, -0.2) is 70.8 Å². The quantitative estimate of drug-likeness (QED) is 0.696. The lowest BCUT2D eigenvalue weighted by Crippen LogP contribution is -2.45. The summed E-state index contributed by atoms with van der Waals surface area (Å²) >= 11 is 0. The van der Waals surface area contributed by atoms with Crippen LogP contribution in [0.2, 0.25) is 0 Å². The molecule has 2 amide bonds. The van der Waals surface area contributed by atoms with Crippen LogP contribution < -0.4 is 15.0 Å². The minimum Gasteiger partial charge on any atom is -0.486 e. The monoisotopic (exact) mass is 419 g/mol. The second kappa shape index (κ2) is 8.45. The summed E-state index contributed by atoms with van der Waals surface area (Å²) in [4.78, 5) is 36.2. The fourth-order valence-electron chi connectivity index (χ4n) is 4.21. The summed E-state index contributed by atoms with van der Waals surface area (Å²) in [5.41, 5.74) is -0.0504. The van der Waals surface area contributed by atoms with Crippen molar-refractivity contribution in [2.45, 2.75) is 38.1 Å². The molecule has 3 fully saturated rings. The van der Waals surface area contributed by atoms with Gasteiger partial charge in [-0.05, 0) is 32.1 Å². The molecule has 1 aromatic rings. The maximum Gasteiger partial charge on any atom is 0.404 e. The molecule has 1 saturated carbocycles. The number of rotatable bonds is 7. The minimum atomic E-state index is -1.23. The zero-order valence-electron chi connectivity index (χ0n) is 16.7. The van der Waals surface area contributed by atoms with Gasteiger partial charge in [-0.15, -0.1) is 0 Å². The molecular formula is C20H26FN5O4. The van der Waals surface area contributed by atoms with E-state index < -0.39 is 6.09 Å². The number of hydrogen-bond donors (Lipinski definition) is 2. The lowest BCUT2D eigenvalue weighted by atomic mass is 9.77. The summed E-state index contributed by atoms with van der Waals surface area (Å²) in [5.74, 6) is 1.28. The van der Waals surface area contributed by atoms with Gasteiger partial charge in [0.1, 0.15) is 6.61 Å². The summed E-state index contributed by atoms with van der Waals surface area (Å²) in [7, 11) is 0. The van der Waals surface area contributed by atoms with Crippen molar-refractivity contribution in [1.29, 1.82) is 0 Å². The van der Waals surface area contributed by atoms with Gasteiger partial charge in [-0.2, -0.15) is 0 Å². The number of aromatic nitrogens is 2. The Labute approximate surface area is 173 Å². The molecule has 3 heterocycles. The molecule has 1 aliphatic carbocycles. The van der Waals surface area contributed by atoms with Gasteiger partial charge in [-0.25, -0.2) is 19.2 Å². The second-order valence-corrected chi connectivity index (χ2v) is 8.18. The molecule has 9 nitrogen and oxygen atoms in total. The summed E-state index contributed by atoms with van der Waals surface area (Å²) in [6.45, 7) is 2.10. The Balaban J connectivity index is 1.28. The first-order valence-corrected chi connectivity index (χ1v) is 10.3. The minimum absolute atomic E-state index is 0.106. The van der Waals surface area contributed by atoms with E-state index >= 15 is 0 Å². The summed E-state index contributed by atoms with van der Waals surface area (Å²) in [6, 6.07) is 0.485. The van der Waals surface area contributed by atoms with E-state index in [-0.39, 0.29) is 24.1 Å². The smallest absolute Gasteiger partial charge is 0.404 e. The Kier molecular flexibility index (Phi) is 5.74. The molecule has 2 aliphatic heterocycles. The van der Waals surface area contributed by atoms with Crippen LogP contribution in [0.1, 0.15) is 32.1 Å². The Morgan fingerprint density at radius 1 is 1.27 bits per heavy atom. The number of hydrogen-bond acceptors (Lipinski definition) is 6. The molecule has 1 spiro atoms. The number of likely N-dealkylation sites (tertiary alicyclic amines) is 1. The van der Waals surface area contributed by atoms with Gasteiger partial charge in [0.05, 0.1) is 24.1 Å². The highest BCUT2D eigenvalue weighted by Gasteiger charge is 2.51. The van der Waals surface area contributed by atoms with Crippen molar-refractivity contribution in [2.75, 3.05) is 37.7 Å². The predicted molar refractivity (Wildman–Crippen MR) is 106 cm³/mol. The molecule has 0 aromatic carbocycles. The van der Waals surface area contributed by atoms with Crippen LogP contribution >= 0.6 is 0 Å². The van der Waals surface area contributed by atoms with E-state index in [1.807, 2.05) is 0 Å². The second-order valence-electron chi connectivity index (χ2n) is 8.18. The van der Waals surface area contributed by atoms with Crippen molar-refractivity contribution in [2.24, 2.45) is 5.41 Å². The number of ether oxygens (including phenoxy) is 1. The van der Waals surface area contributed by atoms with E-state index in [0.717, 1.165) is 51.7 Å². The number of nitrogens with zero attached hydrogens (tertiary/aromatic N) is 4. The molecule has 0 atom stereocenters. The molecule has 1 aromatic heterocycles. The van der Waals surface area contributed by atoms with Crippen LogP contribution in [0.5, 0.6) is 5.75 Å². The van der Waals surface area contributed by atoms with Crippen LogP contribution in [0, 0.1) is 5.41 Å². The Morgan fingerprint density at radius 3 is 2.53 bits per heavy atom. The van der Waals surface area contributed by atoms with Gasteiger partial charge in [-0.3, -0.25) is 4.79 Å². The van der Waals surface area contributed by atoms with Crippen molar-refractivity contribution in [1.82, 2.24) is 20.2 Å².